The SMILES string of the molecule is CCCCCCCCOc1c2ccc(S(=O)(=O)Cl)cc2c(OCCCCCCCC)c2ccc(S(=O)(=O)Cl)cc12. The van der Waals surface area contributed by atoms with Crippen LogP contribution in [0.5, 0.6) is 11.5 Å². The number of fused-ring (bicyclic) bond motifs is 2. The van der Waals surface area contributed by atoms with E-state index in [0.717, 1.165) is 38.5 Å². The summed E-state index contributed by atoms with van der Waals surface area (Å²) in [6.45, 7) is 5.22. The van der Waals surface area contributed by atoms with Gasteiger partial charge in [0.05, 0.1) is 23.0 Å². The lowest BCUT2D eigenvalue weighted by Gasteiger charge is -2.19. The Kier molecular flexibility index (Phi) is 12.7. The van der Waals surface area contributed by atoms with Gasteiger partial charge < -0.3 is 9.47 Å². The zero-order chi connectivity index (χ0) is 29.2. The fourth-order valence-electron chi connectivity index (χ4n) is 4.84. The van der Waals surface area contributed by atoms with Crippen molar-refractivity contribution in [3.05, 3.63) is 36.4 Å². The van der Waals surface area contributed by atoms with E-state index in [4.69, 9.17) is 30.8 Å². The predicted octanol–water partition coefficient (Wildman–Crippen LogP) is 9.33. The number of benzene rings is 3. The van der Waals surface area contributed by atoms with Gasteiger partial charge >= 0.3 is 0 Å². The third-order valence-electron chi connectivity index (χ3n) is 7.01. The summed E-state index contributed by atoms with van der Waals surface area (Å²) >= 11 is 0. The molecule has 0 N–H and O–H groups in total. The zero-order valence-electron chi connectivity index (χ0n) is 23.4. The highest BCUT2D eigenvalue weighted by Gasteiger charge is 2.22. The normalized spacial score (nSPS) is 12.3. The molecule has 0 aliphatic carbocycles. The van der Waals surface area contributed by atoms with Gasteiger partial charge in [-0.05, 0) is 49.2 Å². The summed E-state index contributed by atoms with van der Waals surface area (Å²) in [5.74, 6) is 0.928. The topological polar surface area (TPSA) is 86.7 Å². The lowest BCUT2D eigenvalue weighted by atomic mass is 10.0. The van der Waals surface area contributed by atoms with Crippen LogP contribution in [-0.4, -0.2) is 30.0 Å². The van der Waals surface area contributed by atoms with Gasteiger partial charge in [0.2, 0.25) is 0 Å². The molecule has 3 rings (SSSR count). The Morgan fingerprint density at radius 3 is 1.23 bits per heavy atom. The molecule has 0 saturated heterocycles. The third kappa shape index (κ3) is 9.13. The minimum Gasteiger partial charge on any atom is -0.492 e. The van der Waals surface area contributed by atoms with Crippen molar-refractivity contribution in [3.8, 4) is 11.5 Å². The molecule has 0 aliphatic rings. The molecule has 0 aliphatic heterocycles. The summed E-state index contributed by atoms with van der Waals surface area (Å²) in [5.41, 5.74) is 0. The van der Waals surface area contributed by atoms with Crippen molar-refractivity contribution < 1.29 is 26.3 Å². The van der Waals surface area contributed by atoms with Gasteiger partial charge in [-0.15, -0.1) is 0 Å². The highest BCUT2D eigenvalue weighted by atomic mass is 35.7. The summed E-state index contributed by atoms with van der Waals surface area (Å²) in [4.78, 5) is -0.0977. The van der Waals surface area contributed by atoms with E-state index in [0.29, 0.717) is 46.3 Å². The fourth-order valence-corrected chi connectivity index (χ4v) is 6.39. The van der Waals surface area contributed by atoms with Gasteiger partial charge in [-0.2, -0.15) is 0 Å². The number of halogens is 2. The molecular weight excluding hydrogens is 591 g/mol. The van der Waals surface area contributed by atoms with Crippen LogP contribution in [0.25, 0.3) is 21.5 Å². The molecule has 3 aromatic carbocycles. The smallest absolute Gasteiger partial charge is 0.261 e. The predicted molar refractivity (Wildman–Crippen MR) is 165 cm³/mol. The Balaban J connectivity index is 2.06. The molecule has 0 amide bonds. The Morgan fingerprint density at radius 2 is 0.875 bits per heavy atom. The van der Waals surface area contributed by atoms with Gasteiger partial charge in [0.15, 0.2) is 0 Å². The molecule has 40 heavy (non-hydrogen) atoms. The quantitative estimate of drug-likeness (QED) is 0.0790. The third-order valence-corrected chi connectivity index (χ3v) is 9.72. The van der Waals surface area contributed by atoms with Crippen LogP contribution in [0.4, 0.5) is 0 Å². The van der Waals surface area contributed by atoms with Crippen molar-refractivity contribution in [1.82, 2.24) is 0 Å². The molecule has 0 fully saturated rings. The zero-order valence-corrected chi connectivity index (χ0v) is 26.5. The molecular formula is C30H40Cl2O6S2. The van der Waals surface area contributed by atoms with E-state index in [1.54, 1.807) is 12.1 Å². The van der Waals surface area contributed by atoms with Crippen LogP contribution in [0.3, 0.4) is 0 Å². The lowest BCUT2D eigenvalue weighted by molar-refractivity contribution is 0.306. The molecule has 0 heterocycles. The van der Waals surface area contributed by atoms with Crippen LogP contribution in [0.2, 0.25) is 0 Å². The van der Waals surface area contributed by atoms with Crippen molar-refractivity contribution >= 4 is 61.0 Å². The molecule has 10 heteroatoms. The molecule has 0 unspecified atom stereocenters. The van der Waals surface area contributed by atoms with E-state index >= 15 is 0 Å². The first-order chi connectivity index (χ1) is 19.1. The number of unbranched alkanes of at least 4 members (excludes halogenated alkanes) is 10. The molecule has 0 radical (unpaired) electrons. The van der Waals surface area contributed by atoms with Crippen molar-refractivity contribution in [2.75, 3.05) is 13.2 Å². The van der Waals surface area contributed by atoms with Gasteiger partial charge in [-0.25, -0.2) is 16.8 Å². The van der Waals surface area contributed by atoms with E-state index in [2.05, 4.69) is 13.8 Å². The summed E-state index contributed by atoms with van der Waals surface area (Å²) in [6, 6.07) is 9.12. The maximum absolute atomic E-state index is 12.2. The van der Waals surface area contributed by atoms with Gasteiger partial charge in [0.25, 0.3) is 18.1 Å². The Hall–Kier alpha value is -1.74. The van der Waals surface area contributed by atoms with E-state index in [1.165, 1.54) is 62.8 Å². The number of rotatable bonds is 18. The summed E-state index contributed by atoms with van der Waals surface area (Å²) in [7, 11) is 3.41. The van der Waals surface area contributed by atoms with E-state index in [9.17, 15) is 16.8 Å². The minimum absolute atomic E-state index is 0.0488. The molecule has 0 spiro atoms. The summed E-state index contributed by atoms with van der Waals surface area (Å²) < 4.78 is 61.4. The first-order valence-corrected chi connectivity index (χ1v) is 18.9. The molecule has 3 aromatic rings. The van der Waals surface area contributed by atoms with Gasteiger partial charge in [0, 0.05) is 42.9 Å². The monoisotopic (exact) mass is 630 g/mol. The first-order valence-electron chi connectivity index (χ1n) is 14.3. The number of hydrogen-bond acceptors (Lipinski definition) is 6. The molecule has 0 bridgehead atoms. The van der Waals surface area contributed by atoms with E-state index in [-0.39, 0.29) is 9.79 Å². The van der Waals surface area contributed by atoms with Crippen LogP contribution >= 0.6 is 21.4 Å². The highest BCUT2D eigenvalue weighted by Crippen LogP contribution is 2.45. The molecule has 0 saturated carbocycles. The first kappa shape index (κ1) is 32.8. The van der Waals surface area contributed by atoms with Gasteiger partial charge in [-0.1, -0.05) is 78.1 Å². The van der Waals surface area contributed by atoms with Gasteiger partial charge in [0.1, 0.15) is 11.5 Å². The van der Waals surface area contributed by atoms with Crippen LogP contribution in [0, 0.1) is 0 Å². The standard InChI is InChI=1S/C30H40Cl2O6S2/c1-3-5-7-9-11-13-19-37-29-25-17-15-24(40(32,35)36)22-28(25)30(38-20-14-12-10-8-6-4-2)26-18-16-23(21-27(26)29)39(31,33)34/h15-18,21-22H,3-14,19-20H2,1-2H3. The maximum atomic E-state index is 12.2. The second-order valence-corrected chi connectivity index (χ2v) is 15.3. The fraction of sp³-hybridized carbons (Fsp3) is 0.533. The van der Waals surface area contributed by atoms with Crippen molar-refractivity contribution in [1.29, 1.82) is 0 Å². The largest absolute Gasteiger partial charge is 0.492 e. The van der Waals surface area contributed by atoms with Crippen LogP contribution in [0.15, 0.2) is 46.2 Å². The van der Waals surface area contributed by atoms with E-state index in [1.807, 2.05) is 0 Å². The van der Waals surface area contributed by atoms with E-state index < -0.39 is 18.1 Å². The maximum Gasteiger partial charge on any atom is 0.261 e. The Labute approximate surface area is 248 Å². The summed E-state index contributed by atoms with van der Waals surface area (Å²) in [5, 5.41) is 2.31. The van der Waals surface area contributed by atoms with Crippen molar-refractivity contribution in [2.24, 2.45) is 0 Å². The molecule has 222 valence electrons. The molecule has 0 aromatic heterocycles. The second-order valence-electron chi connectivity index (χ2n) is 10.2. The lowest BCUT2D eigenvalue weighted by Crippen LogP contribution is -2.04. The minimum atomic E-state index is -3.99. The van der Waals surface area contributed by atoms with Crippen LogP contribution < -0.4 is 9.47 Å². The Bertz CT molecular complexity index is 1370. The molecule has 6 nitrogen and oxygen atoms in total. The van der Waals surface area contributed by atoms with Crippen molar-refractivity contribution in [2.45, 2.75) is 101 Å². The van der Waals surface area contributed by atoms with Crippen LogP contribution in [-0.2, 0) is 18.1 Å². The number of hydrogen-bond donors (Lipinski definition) is 0. The second kappa shape index (κ2) is 15.5. The highest BCUT2D eigenvalue weighted by molar-refractivity contribution is 8.14. The van der Waals surface area contributed by atoms with Gasteiger partial charge in [-0.3, -0.25) is 0 Å². The number of ether oxygens (including phenoxy) is 2. The molecule has 0 atom stereocenters. The van der Waals surface area contributed by atoms with Crippen LogP contribution in [0.1, 0.15) is 90.9 Å². The average Bonchev–Trinajstić information content (AvgIpc) is 2.91. The summed E-state index contributed by atoms with van der Waals surface area (Å²) in [6.07, 6.45) is 13.1. The average molecular weight is 632 g/mol. The Morgan fingerprint density at radius 1 is 0.525 bits per heavy atom. The van der Waals surface area contributed by atoms with Crippen molar-refractivity contribution in [3.63, 3.8) is 0 Å².